The quantitative estimate of drug-likeness (QED) is 0.812. The summed E-state index contributed by atoms with van der Waals surface area (Å²) in [6.07, 6.45) is 3.26. The van der Waals surface area contributed by atoms with Crippen molar-refractivity contribution in [1.29, 1.82) is 0 Å². The summed E-state index contributed by atoms with van der Waals surface area (Å²) >= 11 is 0. The number of aliphatic hydroxyl groups excluding tert-OH is 1. The van der Waals surface area contributed by atoms with Gasteiger partial charge in [-0.15, -0.1) is 0 Å². The van der Waals surface area contributed by atoms with Gasteiger partial charge in [-0.1, -0.05) is 25.0 Å². The first kappa shape index (κ1) is 16.5. The minimum atomic E-state index is -0.874. The summed E-state index contributed by atoms with van der Waals surface area (Å²) in [5.74, 6) is 1.13. The molecule has 0 spiro atoms. The molecule has 0 bridgehead atoms. The first-order chi connectivity index (χ1) is 11.7. The Kier molecular flexibility index (Phi) is 5.14. The van der Waals surface area contributed by atoms with E-state index in [0.717, 1.165) is 25.7 Å². The van der Waals surface area contributed by atoms with Gasteiger partial charge in [-0.25, -0.2) is 4.79 Å². The zero-order valence-electron chi connectivity index (χ0n) is 13.7. The molecule has 0 amide bonds. The van der Waals surface area contributed by atoms with Gasteiger partial charge < -0.3 is 14.6 Å². The predicted octanol–water partition coefficient (Wildman–Crippen LogP) is 1.00. The number of hydrogen-bond acceptors (Lipinski definition) is 6. The Morgan fingerprint density at radius 1 is 1.25 bits per heavy atom. The van der Waals surface area contributed by atoms with Gasteiger partial charge in [-0.05, 0) is 35.4 Å². The molecule has 1 aromatic heterocycles. The van der Waals surface area contributed by atoms with Crippen LogP contribution in [0.3, 0.4) is 0 Å². The van der Waals surface area contributed by atoms with E-state index in [1.807, 2.05) is 12.1 Å². The second kappa shape index (κ2) is 7.48. The second-order valence-corrected chi connectivity index (χ2v) is 5.94. The Balaban J connectivity index is 1.59. The van der Waals surface area contributed by atoms with Crippen LogP contribution < -0.4 is 15.2 Å². The number of tetrazole rings is 1. The van der Waals surface area contributed by atoms with Crippen LogP contribution in [0.5, 0.6) is 11.5 Å². The number of hydrogen-bond donors (Lipinski definition) is 1. The van der Waals surface area contributed by atoms with E-state index in [2.05, 4.69) is 10.4 Å². The van der Waals surface area contributed by atoms with Crippen LogP contribution in [0.2, 0.25) is 0 Å². The smallest absolute Gasteiger partial charge is 0.364 e. The van der Waals surface area contributed by atoms with Crippen molar-refractivity contribution in [2.75, 3.05) is 13.7 Å². The van der Waals surface area contributed by atoms with Crippen LogP contribution in [0.1, 0.15) is 31.7 Å². The number of para-hydroxylation sites is 2. The lowest BCUT2D eigenvalue weighted by atomic mass is 10.3. The third-order valence-electron chi connectivity index (χ3n) is 4.22. The van der Waals surface area contributed by atoms with Crippen LogP contribution >= 0.6 is 0 Å². The van der Waals surface area contributed by atoms with Gasteiger partial charge >= 0.3 is 5.69 Å². The average Bonchev–Trinajstić information content (AvgIpc) is 3.24. The monoisotopic (exact) mass is 334 g/mol. The zero-order valence-corrected chi connectivity index (χ0v) is 13.7. The minimum absolute atomic E-state index is 0.0309. The lowest BCUT2D eigenvalue weighted by molar-refractivity contribution is 0.0864. The van der Waals surface area contributed by atoms with Crippen molar-refractivity contribution in [1.82, 2.24) is 19.8 Å². The summed E-state index contributed by atoms with van der Waals surface area (Å²) < 4.78 is 13.4. The van der Waals surface area contributed by atoms with E-state index in [9.17, 15) is 9.90 Å². The van der Waals surface area contributed by atoms with Crippen molar-refractivity contribution < 1.29 is 14.6 Å². The fourth-order valence-corrected chi connectivity index (χ4v) is 2.96. The number of methoxy groups -OCH3 is 1. The molecule has 24 heavy (non-hydrogen) atoms. The molecule has 8 heteroatoms. The largest absolute Gasteiger partial charge is 0.493 e. The third kappa shape index (κ3) is 3.59. The normalized spacial score (nSPS) is 16.2. The molecule has 1 heterocycles. The van der Waals surface area contributed by atoms with Crippen molar-refractivity contribution in [3.63, 3.8) is 0 Å². The van der Waals surface area contributed by atoms with Gasteiger partial charge in [0, 0.05) is 0 Å². The lowest BCUT2D eigenvalue weighted by Crippen LogP contribution is -2.33. The maximum Gasteiger partial charge on any atom is 0.364 e. The van der Waals surface area contributed by atoms with E-state index in [-0.39, 0.29) is 24.9 Å². The molecule has 8 nitrogen and oxygen atoms in total. The summed E-state index contributed by atoms with van der Waals surface area (Å²) in [5, 5.41) is 17.9. The van der Waals surface area contributed by atoms with Gasteiger partial charge in [0.15, 0.2) is 11.5 Å². The molecule has 1 aromatic carbocycles. The standard InChI is InChI=1S/C16H22N4O4/c1-23-14-8-4-5-9-15(14)24-11-13(21)10-19-16(22)20(18-17-19)12-6-2-3-7-12/h4-5,8-9,12-13,21H,2-3,6-7,10-11H2,1H3. The maximum absolute atomic E-state index is 12.3. The van der Waals surface area contributed by atoms with E-state index >= 15 is 0 Å². The van der Waals surface area contributed by atoms with Crippen molar-refractivity contribution in [3.8, 4) is 11.5 Å². The number of aromatic nitrogens is 4. The molecule has 1 aliphatic carbocycles. The van der Waals surface area contributed by atoms with E-state index in [1.165, 1.54) is 9.36 Å². The Hall–Kier alpha value is -2.35. The Bertz CT molecular complexity index is 721. The summed E-state index contributed by atoms with van der Waals surface area (Å²) in [6.45, 7) is 0.0732. The van der Waals surface area contributed by atoms with Crippen molar-refractivity contribution in [2.24, 2.45) is 0 Å². The second-order valence-electron chi connectivity index (χ2n) is 5.94. The first-order valence-corrected chi connectivity index (χ1v) is 8.15. The predicted molar refractivity (Wildman–Crippen MR) is 86.3 cm³/mol. The van der Waals surface area contributed by atoms with Gasteiger partial charge in [0.2, 0.25) is 0 Å². The number of nitrogens with zero attached hydrogens (tertiary/aromatic N) is 4. The summed E-state index contributed by atoms with van der Waals surface area (Å²) in [6, 6.07) is 7.33. The highest BCUT2D eigenvalue weighted by molar-refractivity contribution is 5.39. The van der Waals surface area contributed by atoms with Crippen LogP contribution in [0.15, 0.2) is 29.1 Å². The fourth-order valence-electron chi connectivity index (χ4n) is 2.96. The van der Waals surface area contributed by atoms with Gasteiger partial charge in [0.25, 0.3) is 0 Å². The van der Waals surface area contributed by atoms with Gasteiger partial charge in [-0.2, -0.15) is 9.36 Å². The Labute approximate surface area is 139 Å². The first-order valence-electron chi connectivity index (χ1n) is 8.15. The van der Waals surface area contributed by atoms with Crippen LogP contribution in [0, 0.1) is 0 Å². The van der Waals surface area contributed by atoms with Gasteiger partial charge in [0.1, 0.15) is 12.7 Å². The molecule has 0 saturated heterocycles. The number of benzene rings is 1. The molecule has 1 aliphatic rings. The zero-order chi connectivity index (χ0) is 16.9. The Morgan fingerprint density at radius 3 is 2.67 bits per heavy atom. The van der Waals surface area contributed by atoms with E-state index in [1.54, 1.807) is 19.2 Å². The summed E-state index contributed by atoms with van der Waals surface area (Å²) in [4.78, 5) is 12.3. The van der Waals surface area contributed by atoms with E-state index in [4.69, 9.17) is 9.47 Å². The molecule has 1 unspecified atom stereocenters. The van der Waals surface area contributed by atoms with Crippen molar-refractivity contribution in [3.05, 3.63) is 34.7 Å². The van der Waals surface area contributed by atoms with E-state index in [0.29, 0.717) is 11.5 Å². The lowest BCUT2D eigenvalue weighted by Gasteiger charge is -2.13. The number of ether oxygens (including phenoxy) is 2. The highest BCUT2D eigenvalue weighted by atomic mass is 16.5. The van der Waals surface area contributed by atoms with Crippen molar-refractivity contribution in [2.45, 2.75) is 44.4 Å². The molecule has 2 aromatic rings. The molecule has 1 N–H and O–H groups in total. The number of aliphatic hydroxyl groups is 1. The maximum atomic E-state index is 12.3. The summed E-state index contributed by atoms with van der Waals surface area (Å²) in [7, 11) is 1.56. The van der Waals surface area contributed by atoms with Crippen LogP contribution in [0.25, 0.3) is 0 Å². The highest BCUT2D eigenvalue weighted by Gasteiger charge is 2.22. The average molecular weight is 334 g/mol. The molecule has 0 radical (unpaired) electrons. The molecule has 0 aliphatic heterocycles. The Morgan fingerprint density at radius 2 is 1.96 bits per heavy atom. The van der Waals surface area contributed by atoms with Crippen LogP contribution in [0.4, 0.5) is 0 Å². The molecule has 1 fully saturated rings. The third-order valence-corrected chi connectivity index (χ3v) is 4.22. The van der Waals surface area contributed by atoms with Crippen molar-refractivity contribution >= 4 is 0 Å². The topological polar surface area (TPSA) is 91.4 Å². The van der Waals surface area contributed by atoms with Crippen LogP contribution in [-0.2, 0) is 6.54 Å². The highest BCUT2D eigenvalue weighted by Crippen LogP contribution is 2.27. The molecule has 3 rings (SSSR count). The molecular weight excluding hydrogens is 312 g/mol. The molecular formula is C16H22N4O4. The number of rotatable bonds is 7. The minimum Gasteiger partial charge on any atom is -0.493 e. The fraction of sp³-hybridized carbons (Fsp3) is 0.562. The van der Waals surface area contributed by atoms with Crippen LogP contribution in [-0.4, -0.2) is 44.7 Å². The SMILES string of the molecule is COc1ccccc1OCC(O)Cn1nnn(C2CCCC2)c1=O. The van der Waals surface area contributed by atoms with Gasteiger partial charge in [0.05, 0.1) is 19.7 Å². The van der Waals surface area contributed by atoms with Gasteiger partial charge in [-0.3, -0.25) is 0 Å². The summed E-state index contributed by atoms with van der Waals surface area (Å²) in [5.41, 5.74) is -0.279. The van der Waals surface area contributed by atoms with E-state index < -0.39 is 6.10 Å². The molecule has 1 atom stereocenters. The molecule has 130 valence electrons. The molecule has 1 saturated carbocycles.